The van der Waals surface area contributed by atoms with Crippen molar-refractivity contribution >= 4 is 22.9 Å². The molecule has 0 saturated carbocycles. The van der Waals surface area contributed by atoms with E-state index in [0.29, 0.717) is 18.6 Å². The van der Waals surface area contributed by atoms with Crippen molar-refractivity contribution in [2.75, 3.05) is 13.1 Å². The van der Waals surface area contributed by atoms with Crippen molar-refractivity contribution in [1.82, 2.24) is 19.7 Å². The molecule has 0 fully saturated rings. The molecule has 3 aromatic rings. The number of nitrogens with zero attached hydrogens (tertiary/aromatic N) is 4. The number of carboxylic acid groups (broad SMARTS) is 1. The average Bonchev–Trinajstić information content (AvgIpc) is 2.97. The van der Waals surface area contributed by atoms with Crippen molar-refractivity contribution in [2.45, 2.75) is 20.3 Å². The lowest BCUT2D eigenvalue weighted by atomic mass is 10.2. The fourth-order valence-corrected chi connectivity index (χ4v) is 2.86. The van der Waals surface area contributed by atoms with Crippen molar-refractivity contribution in [3.05, 3.63) is 53.9 Å². The van der Waals surface area contributed by atoms with Gasteiger partial charge < -0.3 is 10.0 Å². The molecule has 26 heavy (non-hydrogen) atoms. The van der Waals surface area contributed by atoms with Crippen LogP contribution in [0.4, 0.5) is 0 Å². The van der Waals surface area contributed by atoms with Crippen LogP contribution in [0.15, 0.2) is 42.5 Å². The first-order chi connectivity index (χ1) is 12.5. The number of aryl methyl sites for hydroxylation is 1. The number of carboxylic acids is 1. The van der Waals surface area contributed by atoms with Crippen LogP contribution in [-0.4, -0.2) is 49.7 Å². The Hall–Kier alpha value is -3.22. The third-order valence-corrected chi connectivity index (χ3v) is 4.04. The Morgan fingerprint density at radius 3 is 2.54 bits per heavy atom. The van der Waals surface area contributed by atoms with Gasteiger partial charge in [0.1, 0.15) is 12.2 Å². The number of fused-ring (bicyclic) bond motifs is 1. The number of rotatable bonds is 6. The Balaban J connectivity index is 2.05. The summed E-state index contributed by atoms with van der Waals surface area (Å²) in [5, 5.41) is 14.4. The van der Waals surface area contributed by atoms with Gasteiger partial charge in [-0.15, -0.1) is 0 Å². The molecule has 0 bridgehead atoms. The molecule has 1 aromatic carbocycles. The summed E-state index contributed by atoms with van der Waals surface area (Å²) in [6, 6.07) is 13.0. The smallest absolute Gasteiger partial charge is 0.323 e. The van der Waals surface area contributed by atoms with Crippen LogP contribution in [-0.2, 0) is 4.79 Å². The number of hydrogen-bond donors (Lipinski definition) is 1. The van der Waals surface area contributed by atoms with E-state index in [9.17, 15) is 9.59 Å². The molecule has 0 radical (unpaired) electrons. The van der Waals surface area contributed by atoms with E-state index >= 15 is 0 Å². The molecular formula is C19H20N4O3. The van der Waals surface area contributed by atoms with Gasteiger partial charge in [0.25, 0.3) is 5.91 Å². The maximum atomic E-state index is 12.7. The van der Waals surface area contributed by atoms with Crippen LogP contribution < -0.4 is 0 Å². The van der Waals surface area contributed by atoms with E-state index in [1.165, 1.54) is 4.90 Å². The van der Waals surface area contributed by atoms with Gasteiger partial charge in [-0.05, 0) is 37.6 Å². The Morgan fingerprint density at radius 2 is 1.88 bits per heavy atom. The summed E-state index contributed by atoms with van der Waals surface area (Å²) in [6.07, 6.45) is 0.669. The Bertz CT molecular complexity index is 950. The molecule has 0 saturated heterocycles. The van der Waals surface area contributed by atoms with Crippen LogP contribution in [0, 0.1) is 6.92 Å². The van der Waals surface area contributed by atoms with Gasteiger partial charge in [0.05, 0.1) is 11.4 Å². The molecule has 0 spiro atoms. The van der Waals surface area contributed by atoms with Crippen LogP contribution in [0.5, 0.6) is 0 Å². The maximum absolute atomic E-state index is 12.7. The predicted molar refractivity (Wildman–Crippen MR) is 97.4 cm³/mol. The highest BCUT2D eigenvalue weighted by Crippen LogP contribution is 2.21. The molecule has 0 atom stereocenters. The zero-order chi connectivity index (χ0) is 18.7. The summed E-state index contributed by atoms with van der Waals surface area (Å²) in [4.78, 5) is 29.6. The topological polar surface area (TPSA) is 88.3 Å². The quantitative estimate of drug-likeness (QED) is 0.737. The predicted octanol–water partition coefficient (Wildman–Crippen LogP) is 2.67. The summed E-state index contributed by atoms with van der Waals surface area (Å²) in [6.45, 7) is 3.80. The van der Waals surface area contributed by atoms with E-state index in [0.717, 1.165) is 16.8 Å². The van der Waals surface area contributed by atoms with Gasteiger partial charge >= 0.3 is 5.97 Å². The van der Waals surface area contributed by atoms with Crippen molar-refractivity contribution in [3.63, 3.8) is 0 Å². The standard InChI is InChI=1S/C19H20N4O3/c1-3-11-22(12-17(24)25)19(26)16-10-9-15-13(2)21-23(18(15)20-16)14-7-5-4-6-8-14/h4-10H,3,11-12H2,1-2H3,(H,24,25). The summed E-state index contributed by atoms with van der Waals surface area (Å²) in [5.74, 6) is -1.44. The number of aromatic nitrogens is 3. The van der Waals surface area contributed by atoms with Gasteiger partial charge in [-0.3, -0.25) is 9.59 Å². The van der Waals surface area contributed by atoms with Gasteiger partial charge in [0.15, 0.2) is 5.65 Å². The number of carbonyl (C=O) groups excluding carboxylic acids is 1. The third-order valence-electron chi connectivity index (χ3n) is 4.04. The first-order valence-electron chi connectivity index (χ1n) is 8.44. The summed E-state index contributed by atoms with van der Waals surface area (Å²) in [5.41, 5.74) is 2.44. The number of aliphatic carboxylic acids is 1. The van der Waals surface area contributed by atoms with E-state index < -0.39 is 11.9 Å². The largest absolute Gasteiger partial charge is 0.480 e. The minimum absolute atomic E-state index is 0.212. The number of amides is 1. The van der Waals surface area contributed by atoms with Crippen LogP contribution in [0.3, 0.4) is 0 Å². The number of benzene rings is 1. The molecule has 0 aliphatic carbocycles. The molecular weight excluding hydrogens is 332 g/mol. The molecule has 3 rings (SSSR count). The molecule has 2 aromatic heterocycles. The maximum Gasteiger partial charge on any atom is 0.323 e. The van der Waals surface area contributed by atoms with Gasteiger partial charge in [0, 0.05) is 11.9 Å². The van der Waals surface area contributed by atoms with Gasteiger partial charge in [-0.25, -0.2) is 9.67 Å². The second kappa shape index (κ2) is 7.35. The SMILES string of the molecule is CCCN(CC(=O)O)C(=O)c1ccc2c(C)nn(-c3ccccc3)c2n1. The van der Waals surface area contributed by atoms with E-state index in [2.05, 4.69) is 10.1 Å². The monoisotopic (exact) mass is 352 g/mol. The Labute approximate surface area is 150 Å². The van der Waals surface area contributed by atoms with Crippen LogP contribution in [0.1, 0.15) is 29.5 Å². The second-order valence-electron chi connectivity index (χ2n) is 6.02. The fourth-order valence-electron chi connectivity index (χ4n) is 2.86. The molecule has 2 heterocycles. The van der Waals surface area contributed by atoms with Crippen molar-refractivity contribution in [3.8, 4) is 5.69 Å². The number of para-hydroxylation sites is 1. The molecule has 134 valence electrons. The van der Waals surface area contributed by atoms with E-state index in [4.69, 9.17) is 5.11 Å². The summed E-state index contributed by atoms with van der Waals surface area (Å²) in [7, 11) is 0. The van der Waals surface area contributed by atoms with Gasteiger partial charge in [0.2, 0.25) is 0 Å². The molecule has 0 aliphatic rings. The lowest BCUT2D eigenvalue weighted by Gasteiger charge is -2.19. The lowest BCUT2D eigenvalue weighted by molar-refractivity contribution is -0.137. The van der Waals surface area contributed by atoms with Crippen LogP contribution >= 0.6 is 0 Å². The normalized spacial score (nSPS) is 10.8. The number of carbonyl (C=O) groups is 2. The Kier molecular flexibility index (Phi) is 4.97. The summed E-state index contributed by atoms with van der Waals surface area (Å²) >= 11 is 0. The highest BCUT2D eigenvalue weighted by molar-refractivity contribution is 5.96. The lowest BCUT2D eigenvalue weighted by Crippen LogP contribution is -2.36. The van der Waals surface area contributed by atoms with E-state index in [1.807, 2.05) is 50.2 Å². The first-order valence-corrected chi connectivity index (χ1v) is 8.44. The number of hydrogen-bond acceptors (Lipinski definition) is 4. The van der Waals surface area contributed by atoms with E-state index in [-0.39, 0.29) is 12.2 Å². The number of pyridine rings is 1. The zero-order valence-electron chi connectivity index (χ0n) is 14.7. The minimum atomic E-state index is -1.04. The molecule has 7 nitrogen and oxygen atoms in total. The second-order valence-corrected chi connectivity index (χ2v) is 6.02. The van der Waals surface area contributed by atoms with Crippen LogP contribution in [0.2, 0.25) is 0 Å². The third kappa shape index (κ3) is 3.42. The van der Waals surface area contributed by atoms with Crippen LogP contribution in [0.25, 0.3) is 16.7 Å². The van der Waals surface area contributed by atoms with Crippen molar-refractivity contribution in [1.29, 1.82) is 0 Å². The van der Waals surface area contributed by atoms with Gasteiger partial charge in [-0.2, -0.15) is 5.10 Å². The first kappa shape index (κ1) is 17.6. The molecule has 7 heteroatoms. The highest BCUT2D eigenvalue weighted by Gasteiger charge is 2.21. The fraction of sp³-hybridized carbons (Fsp3) is 0.263. The molecule has 0 unspecified atom stereocenters. The molecule has 1 amide bonds. The van der Waals surface area contributed by atoms with Crippen molar-refractivity contribution in [2.24, 2.45) is 0 Å². The summed E-state index contributed by atoms with van der Waals surface area (Å²) < 4.78 is 1.70. The molecule has 1 N–H and O–H groups in total. The van der Waals surface area contributed by atoms with E-state index in [1.54, 1.807) is 10.7 Å². The zero-order valence-corrected chi connectivity index (χ0v) is 14.7. The molecule has 0 aliphatic heterocycles. The average molecular weight is 352 g/mol. The minimum Gasteiger partial charge on any atom is -0.480 e. The Morgan fingerprint density at radius 1 is 1.15 bits per heavy atom. The highest BCUT2D eigenvalue weighted by atomic mass is 16.4. The van der Waals surface area contributed by atoms with Crippen molar-refractivity contribution < 1.29 is 14.7 Å². The van der Waals surface area contributed by atoms with Gasteiger partial charge in [-0.1, -0.05) is 25.1 Å².